The molecule has 2 fully saturated rings. The molecule has 2 bridgehead atoms. The van der Waals surface area contributed by atoms with Crippen LogP contribution in [-0.4, -0.2) is 29.8 Å². The van der Waals surface area contributed by atoms with Crippen LogP contribution in [0.3, 0.4) is 0 Å². The van der Waals surface area contributed by atoms with Crippen LogP contribution in [0.4, 0.5) is 0 Å². The topological polar surface area (TPSA) is 34.2 Å². The molecule has 1 N–H and O–H groups in total. The normalized spacial score (nSPS) is 30.1. The Morgan fingerprint density at radius 3 is 2.80 bits per heavy atom. The molecule has 3 nitrogen and oxygen atoms in total. The van der Waals surface area contributed by atoms with E-state index in [2.05, 4.69) is 26.1 Å². The van der Waals surface area contributed by atoms with Gasteiger partial charge in [0, 0.05) is 23.3 Å². The van der Waals surface area contributed by atoms with E-state index >= 15 is 0 Å². The zero-order valence-electron chi connectivity index (χ0n) is 12.8. The molecule has 2 saturated heterocycles. The molecule has 4 unspecified atom stereocenters. The fraction of sp³-hybridized carbons (Fsp3) is 0.812. The lowest BCUT2D eigenvalue weighted by molar-refractivity contribution is 0.0857. The highest BCUT2D eigenvalue weighted by Gasteiger charge is 2.44. The van der Waals surface area contributed by atoms with Crippen LogP contribution in [0.5, 0.6) is 0 Å². The van der Waals surface area contributed by atoms with Gasteiger partial charge in [-0.15, -0.1) is 11.3 Å². The van der Waals surface area contributed by atoms with Gasteiger partial charge < -0.3 is 10.1 Å². The summed E-state index contributed by atoms with van der Waals surface area (Å²) in [5.41, 5.74) is 1.20. The first kappa shape index (κ1) is 14.5. The summed E-state index contributed by atoms with van der Waals surface area (Å²) in [5.74, 6) is 0.685. The first-order chi connectivity index (χ1) is 9.67. The molecule has 0 spiro atoms. The molecular weight excluding hydrogens is 268 g/mol. The lowest BCUT2D eigenvalue weighted by Gasteiger charge is -2.29. The molecule has 2 aliphatic heterocycles. The van der Waals surface area contributed by atoms with E-state index in [1.54, 1.807) is 0 Å². The van der Waals surface area contributed by atoms with Crippen LogP contribution in [-0.2, 0) is 11.2 Å². The van der Waals surface area contributed by atoms with Crippen LogP contribution in [0.2, 0.25) is 0 Å². The van der Waals surface area contributed by atoms with Gasteiger partial charge >= 0.3 is 0 Å². The number of ether oxygens (including phenoxy) is 1. The zero-order chi connectivity index (χ0) is 14.1. The molecule has 0 aliphatic carbocycles. The molecule has 4 heteroatoms. The molecule has 2 aliphatic rings. The summed E-state index contributed by atoms with van der Waals surface area (Å²) < 4.78 is 6.06. The molecule has 0 saturated carbocycles. The third-order valence-electron chi connectivity index (χ3n) is 4.79. The van der Waals surface area contributed by atoms with Crippen molar-refractivity contribution in [1.29, 1.82) is 0 Å². The molecule has 3 heterocycles. The quantitative estimate of drug-likeness (QED) is 0.874. The van der Waals surface area contributed by atoms with Gasteiger partial charge in [0.15, 0.2) is 0 Å². The number of rotatable bonds is 6. The number of hydrogen-bond acceptors (Lipinski definition) is 4. The third kappa shape index (κ3) is 2.92. The van der Waals surface area contributed by atoms with E-state index in [9.17, 15) is 0 Å². The van der Waals surface area contributed by atoms with Gasteiger partial charge in [-0.25, -0.2) is 4.98 Å². The molecule has 0 amide bonds. The fourth-order valence-electron chi connectivity index (χ4n) is 3.62. The van der Waals surface area contributed by atoms with Crippen molar-refractivity contribution in [2.75, 3.05) is 6.54 Å². The third-order valence-corrected chi connectivity index (χ3v) is 5.89. The predicted molar refractivity (Wildman–Crippen MR) is 83.4 cm³/mol. The Bertz CT molecular complexity index is 440. The Kier molecular flexibility index (Phi) is 4.43. The highest BCUT2D eigenvalue weighted by Crippen LogP contribution is 2.41. The van der Waals surface area contributed by atoms with Crippen LogP contribution in [0.1, 0.15) is 48.2 Å². The first-order valence-electron chi connectivity index (χ1n) is 7.99. The molecule has 20 heavy (non-hydrogen) atoms. The monoisotopic (exact) mass is 294 g/mol. The maximum absolute atomic E-state index is 6.06. The van der Waals surface area contributed by atoms with Gasteiger partial charge in [0.25, 0.3) is 0 Å². The van der Waals surface area contributed by atoms with Gasteiger partial charge in [-0.3, -0.25) is 0 Å². The van der Waals surface area contributed by atoms with Crippen LogP contribution >= 0.6 is 11.3 Å². The maximum atomic E-state index is 6.06. The van der Waals surface area contributed by atoms with Gasteiger partial charge in [0.05, 0.1) is 22.9 Å². The number of fused-ring (bicyclic) bond motifs is 2. The van der Waals surface area contributed by atoms with E-state index in [1.165, 1.54) is 41.3 Å². The molecule has 3 rings (SSSR count). The van der Waals surface area contributed by atoms with Crippen molar-refractivity contribution in [1.82, 2.24) is 10.3 Å². The van der Waals surface area contributed by atoms with E-state index in [0.717, 1.165) is 13.0 Å². The number of aryl methyl sites for hydroxylation is 2. The van der Waals surface area contributed by atoms with Crippen molar-refractivity contribution in [2.24, 2.45) is 5.92 Å². The summed E-state index contributed by atoms with van der Waals surface area (Å²) in [4.78, 5) is 6.09. The Morgan fingerprint density at radius 1 is 1.40 bits per heavy atom. The molecular formula is C16H26N2OS. The van der Waals surface area contributed by atoms with E-state index in [1.807, 2.05) is 11.3 Å². The summed E-state index contributed by atoms with van der Waals surface area (Å²) in [6.07, 6.45) is 7.07. The smallest absolute Gasteiger partial charge is 0.0946 e. The average Bonchev–Trinajstić information content (AvgIpc) is 3.11. The molecule has 0 radical (unpaired) electrons. The lowest BCUT2D eigenvalue weighted by Crippen LogP contribution is -2.42. The summed E-state index contributed by atoms with van der Waals surface area (Å²) in [6, 6.07) is 0.537. The molecule has 1 aromatic rings. The van der Waals surface area contributed by atoms with Gasteiger partial charge in [0.2, 0.25) is 0 Å². The van der Waals surface area contributed by atoms with Gasteiger partial charge in [-0.1, -0.05) is 6.92 Å². The maximum Gasteiger partial charge on any atom is 0.0946 e. The summed E-state index contributed by atoms with van der Waals surface area (Å²) >= 11 is 1.86. The Hall–Kier alpha value is -0.450. The minimum atomic E-state index is 0.497. The Morgan fingerprint density at radius 2 is 2.25 bits per heavy atom. The number of hydrogen-bond donors (Lipinski definition) is 1. The first-order valence-corrected chi connectivity index (χ1v) is 8.80. The second kappa shape index (κ2) is 6.12. The summed E-state index contributed by atoms with van der Waals surface area (Å²) in [5, 5.41) is 5.05. The second-order valence-electron chi connectivity index (χ2n) is 6.29. The molecule has 112 valence electrons. The van der Waals surface area contributed by atoms with Crippen molar-refractivity contribution in [3.63, 3.8) is 0 Å². The van der Waals surface area contributed by atoms with Crippen molar-refractivity contribution >= 4 is 11.3 Å². The van der Waals surface area contributed by atoms with Crippen LogP contribution in [0.15, 0.2) is 0 Å². The molecule has 1 aromatic heterocycles. The minimum absolute atomic E-state index is 0.497. The largest absolute Gasteiger partial charge is 0.375 e. The number of nitrogens with zero attached hydrogens (tertiary/aromatic N) is 1. The predicted octanol–water partition coefficient (Wildman–Crippen LogP) is 3.24. The van der Waals surface area contributed by atoms with Crippen LogP contribution < -0.4 is 5.32 Å². The number of thiazole rings is 1. The van der Waals surface area contributed by atoms with E-state index in [0.29, 0.717) is 24.2 Å². The van der Waals surface area contributed by atoms with Crippen molar-refractivity contribution in [3.05, 3.63) is 15.6 Å². The summed E-state index contributed by atoms with van der Waals surface area (Å²) in [6.45, 7) is 7.62. The fourth-order valence-corrected chi connectivity index (χ4v) is 4.61. The van der Waals surface area contributed by atoms with Crippen molar-refractivity contribution in [3.8, 4) is 0 Å². The zero-order valence-corrected chi connectivity index (χ0v) is 13.6. The van der Waals surface area contributed by atoms with Crippen LogP contribution in [0.25, 0.3) is 0 Å². The van der Waals surface area contributed by atoms with E-state index in [-0.39, 0.29) is 0 Å². The van der Waals surface area contributed by atoms with E-state index < -0.39 is 0 Å². The number of aromatic nitrogens is 1. The van der Waals surface area contributed by atoms with Gasteiger partial charge in [0.1, 0.15) is 0 Å². The highest BCUT2D eigenvalue weighted by molar-refractivity contribution is 7.11. The minimum Gasteiger partial charge on any atom is -0.375 e. The van der Waals surface area contributed by atoms with Gasteiger partial charge in [-0.2, -0.15) is 0 Å². The SMILES string of the molecule is CCCNC(Cc1nc(C)c(C)s1)C1CC2CCC1O2. The Labute approximate surface area is 126 Å². The van der Waals surface area contributed by atoms with Crippen molar-refractivity contribution < 1.29 is 4.74 Å². The number of nitrogens with one attached hydrogen (secondary N) is 1. The molecule has 4 atom stereocenters. The van der Waals surface area contributed by atoms with E-state index in [4.69, 9.17) is 9.72 Å². The van der Waals surface area contributed by atoms with Crippen molar-refractivity contribution in [2.45, 2.75) is 71.1 Å². The standard InChI is InChI=1S/C16H26N2OS/c1-4-7-17-14(9-16-18-10(2)11(3)20-16)13-8-12-5-6-15(13)19-12/h12-15,17H,4-9H2,1-3H3. The summed E-state index contributed by atoms with van der Waals surface area (Å²) in [7, 11) is 0. The van der Waals surface area contributed by atoms with Gasteiger partial charge in [-0.05, 0) is 46.1 Å². The average molecular weight is 294 g/mol. The molecule has 0 aromatic carbocycles. The lowest BCUT2D eigenvalue weighted by atomic mass is 9.82. The second-order valence-corrected chi connectivity index (χ2v) is 7.58. The Balaban J connectivity index is 1.69. The van der Waals surface area contributed by atoms with Crippen LogP contribution in [0, 0.1) is 19.8 Å². The highest BCUT2D eigenvalue weighted by atomic mass is 32.1.